The Labute approximate surface area is 113 Å². The molecule has 4 heteroatoms. The molecular formula is C15H20O4. The van der Waals surface area contributed by atoms with E-state index in [1.54, 1.807) is 12.2 Å². The highest BCUT2D eigenvalue weighted by Crippen LogP contribution is 2.33. The molecule has 0 unspecified atom stereocenters. The summed E-state index contributed by atoms with van der Waals surface area (Å²) in [7, 11) is 0. The third kappa shape index (κ3) is 2.80. The SMILES string of the molecule is C=C1C(=O)O[C@H]2/C=C(/C)[C@@H](O)CCC(C)=C[C@@H](O)[C@H]12. The van der Waals surface area contributed by atoms with Crippen LogP contribution in [0.25, 0.3) is 0 Å². The molecule has 0 radical (unpaired) electrons. The van der Waals surface area contributed by atoms with Gasteiger partial charge in [-0.1, -0.05) is 18.2 Å². The number of fused-ring (bicyclic) bond motifs is 1. The molecule has 2 aliphatic rings. The Morgan fingerprint density at radius 3 is 2.68 bits per heavy atom. The number of aliphatic hydroxyl groups excluding tert-OH is 2. The van der Waals surface area contributed by atoms with E-state index in [4.69, 9.17) is 4.74 Å². The fourth-order valence-electron chi connectivity index (χ4n) is 2.59. The van der Waals surface area contributed by atoms with E-state index < -0.39 is 30.2 Å². The number of carbonyl (C=O) groups excluding carboxylic acids is 1. The smallest absolute Gasteiger partial charge is 0.334 e. The molecule has 1 fully saturated rings. The van der Waals surface area contributed by atoms with Crippen molar-refractivity contribution < 1.29 is 19.7 Å². The number of hydrogen-bond donors (Lipinski definition) is 2. The van der Waals surface area contributed by atoms with Crippen molar-refractivity contribution in [3.05, 3.63) is 35.5 Å². The molecule has 2 rings (SSSR count). The topological polar surface area (TPSA) is 66.8 Å². The number of aliphatic hydroxyl groups is 2. The summed E-state index contributed by atoms with van der Waals surface area (Å²) in [6, 6.07) is 0. The first-order chi connectivity index (χ1) is 8.90. The Morgan fingerprint density at radius 2 is 2.00 bits per heavy atom. The minimum absolute atomic E-state index is 0.292. The first-order valence-electron chi connectivity index (χ1n) is 6.51. The summed E-state index contributed by atoms with van der Waals surface area (Å²) in [6.45, 7) is 7.43. The van der Waals surface area contributed by atoms with Crippen LogP contribution >= 0.6 is 0 Å². The maximum Gasteiger partial charge on any atom is 0.334 e. The first-order valence-corrected chi connectivity index (χ1v) is 6.51. The zero-order valence-electron chi connectivity index (χ0n) is 11.3. The third-order valence-corrected chi connectivity index (χ3v) is 3.85. The predicted octanol–water partition coefficient (Wildman–Crippen LogP) is 1.49. The van der Waals surface area contributed by atoms with Crippen LogP contribution in [0.5, 0.6) is 0 Å². The van der Waals surface area contributed by atoms with Gasteiger partial charge in [-0.3, -0.25) is 0 Å². The maximum atomic E-state index is 11.6. The molecule has 1 saturated heterocycles. The van der Waals surface area contributed by atoms with Crippen LogP contribution in [0.4, 0.5) is 0 Å². The number of carbonyl (C=O) groups is 1. The Kier molecular flexibility index (Phi) is 3.92. The standard InChI is InChI=1S/C15H20O4/c1-8-4-5-11(16)9(2)7-13-14(12(17)6-8)10(3)15(18)19-13/h6-7,11-14,16-17H,3-5H2,1-2H3/b8-6?,9-7-/t11-,12+,13-,14-/m0/s1. The molecule has 4 nitrogen and oxygen atoms in total. The van der Waals surface area contributed by atoms with Gasteiger partial charge in [0.1, 0.15) is 6.10 Å². The fourth-order valence-corrected chi connectivity index (χ4v) is 2.59. The van der Waals surface area contributed by atoms with Crippen molar-refractivity contribution in [2.45, 2.75) is 45.0 Å². The van der Waals surface area contributed by atoms with E-state index in [0.717, 1.165) is 11.1 Å². The lowest BCUT2D eigenvalue weighted by atomic mass is 9.86. The van der Waals surface area contributed by atoms with E-state index in [0.29, 0.717) is 18.4 Å². The maximum absolute atomic E-state index is 11.6. The molecule has 0 amide bonds. The van der Waals surface area contributed by atoms with Gasteiger partial charge in [-0.15, -0.1) is 0 Å². The van der Waals surface area contributed by atoms with E-state index in [2.05, 4.69) is 6.58 Å². The van der Waals surface area contributed by atoms with Crippen LogP contribution in [0.3, 0.4) is 0 Å². The molecule has 1 heterocycles. The molecule has 0 spiro atoms. The highest BCUT2D eigenvalue weighted by atomic mass is 16.6. The Bertz CT molecular complexity index is 461. The van der Waals surface area contributed by atoms with Gasteiger partial charge in [0, 0.05) is 5.57 Å². The summed E-state index contributed by atoms with van der Waals surface area (Å²) in [4.78, 5) is 11.6. The highest BCUT2D eigenvalue weighted by molar-refractivity contribution is 5.91. The Hall–Kier alpha value is -1.39. The largest absolute Gasteiger partial charge is 0.454 e. The minimum atomic E-state index is -0.789. The predicted molar refractivity (Wildman–Crippen MR) is 71.3 cm³/mol. The lowest BCUT2D eigenvalue weighted by Crippen LogP contribution is -2.28. The van der Waals surface area contributed by atoms with Crippen molar-refractivity contribution in [3.8, 4) is 0 Å². The van der Waals surface area contributed by atoms with Gasteiger partial charge in [0.15, 0.2) is 0 Å². The molecule has 104 valence electrons. The van der Waals surface area contributed by atoms with Crippen molar-refractivity contribution in [1.82, 2.24) is 0 Å². The zero-order chi connectivity index (χ0) is 14.2. The molecule has 0 aromatic heterocycles. The van der Waals surface area contributed by atoms with E-state index in [1.165, 1.54) is 0 Å². The van der Waals surface area contributed by atoms with Crippen LogP contribution in [0.1, 0.15) is 26.7 Å². The second-order valence-electron chi connectivity index (χ2n) is 5.39. The summed E-state index contributed by atoms with van der Waals surface area (Å²) < 4.78 is 5.22. The lowest BCUT2D eigenvalue weighted by Gasteiger charge is -2.22. The van der Waals surface area contributed by atoms with E-state index in [9.17, 15) is 15.0 Å². The number of hydrogen-bond acceptors (Lipinski definition) is 4. The van der Waals surface area contributed by atoms with E-state index in [-0.39, 0.29) is 0 Å². The van der Waals surface area contributed by atoms with Crippen LogP contribution in [-0.4, -0.2) is 34.5 Å². The quantitative estimate of drug-likeness (QED) is 0.395. The number of rotatable bonds is 0. The fraction of sp³-hybridized carbons (Fsp3) is 0.533. The van der Waals surface area contributed by atoms with Crippen molar-refractivity contribution in [2.75, 3.05) is 0 Å². The van der Waals surface area contributed by atoms with Gasteiger partial charge < -0.3 is 14.9 Å². The Morgan fingerprint density at radius 1 is 1.32 bits per heavy atom. The average molecular weight is 264 g/mol. The lowest BCUT2D eigenvalue weighted by molar-refractivity contribution is -0.137. The molecule has 0 aromatic rings. The van der Waals surface area contributed by atoms with Gasteiger partial charge in [0.2, 0.25) is 0 Å². The van der Waals surface area contributed by atoms with Crippen molar-refractivity contribution in [1.29, 1.82) is 0 Å². The summed E-state index contributed by atoms with van der Waals surface area (Å²) in [5.74, 6) is -0.944. The molecular weight excluding hydrogens is 244 g/mol. The third-order valence-electron chi connectivity index (χ3n) is 3.85. The van der Waals surface area contributed by atoms with Gasteiger partial charge in [-0.2, -0.15) is 0 Å². The van der Waals surface area contributed by atoms with Crippen LogP contribution < -0.4 is 0 Å². The molecule has 0 bridgehead atoms. The molecule has 2 N–H and O–H groups in total. The van der Waals surface area contributed by atoms with Gasteiger partial charge in [-0.25, -0.2) is 4.79 Å². The van der Waals surface area contributed by atoms with Crippen LogP contribution in [-0.2, 0) is 9.53 Å². The minimum Gasteiger partial charge on any atom is -0.454 e. The highest BCUT2D eigenvalue weighted by Gasteiger charge is 2.41. The first kappa shape index (κ1) is 14.0. The van der Waals surface area contributed by atoms with Crippen molar-refractivity contribution in [3.63, 3.8) is 0 Å². The van der Waals surface area contributed by atoms with Crippen molar-refractivity contribution >= 4 is 5.97 Å². The van der Waals surface area contributed by atoms with Crippen LogP contribution in [0.15, 0.2) is 35.5 Å². The van der Waals surface area contributed by atoms with E-state index in [1.807, 2.05) is 13.8 Å². The van der Waals surface area contributed by atoms with Crippen molar-refractivity contribution in [2.24, 2.45) is 5.92 Å². The molecule has 0 aromatic carbocycles. The summed E-state index contributed by atoms with van der Waals surface area (Å²) in [6.07, 6.45) is 2.88. The van der Waals surface area contributed by atoms with Gasteiger partial charge >= 0.3 is 5.97 Å². The second-order valence-corrected chi connectivity index (χ2v) is 5.39. The van der Waals surface area contributed by atoms with Gasteiger partial charge in [0.05, 0.1) is 18.1 Å². The zero-order valence-corrected chi connectivity index (χ0v) is 11.3. The summed E-state index contributed by atoms with van der Waals surface area (Å²) in [5.41, 5.74) is 2.05. The van der Waals surface area contributed by atoms with Crippen LogP contribution in [0, 0.1) is 5.92 Å². The number of allylic oxidation sites excluding steroid dienone is 1. The normalized spacial score (nSPS) is 38.9. The molecule has 4 atom stereocenters. The van der Waals surface area contributed by atoms with E-state index >= 15 is 0 Å². The summed E-state index contributed by atoms with van der Waals surface area (Å²) in [5, 5.41) is 20.3. The average Bonchev–Trinajstić information content (AvgIpc) is 2.60. The Balaban J connectivity index is 2.39. The molecule has 19 heavy (non-hydrogen) atoms. The number of ether oxygens (including phenoxy) is 1. The number of esters is 1. The molecule has 1 aliphatic carbocycles. The van der Waals surface area contributed by atoms with Gasteiger partial charge in [0.25, 0.3) is 0 Å². The van der Waals surface area contributed by atoms with Gasteiger partial charge in [-0.05, 0) is 38.3 Å². The second kappa shape index (κ2) is 5.31. The molecule has 0 saturated carbocycles. The molecule has 1 aliphatic heterocycles. The summed E-state index contributed by atoms with van der Waals surface area (Å²) >= 11 is 0. The van der Waals surface area contributed by atoms with Crippen LogP contribution in [0.2, 0.25) is 0 Å². The monoisotopic (exact) mass is 264 g/mol.